The summed E-state index contributed by atoms with van der Waals surface area (Å²) in [5.74, 6) is 1.04. The first kappa shape index (κ1) is 15.7. The molecule has 0 amide bonds. The van der Waals surface area contributed by atoms with Crippen molar-refractivity contribution < 1.29 is 9.15 Å². The first-order valence-corrected chi connectivity index (χ1v) is 7.94. The molecule has 0 aliphatic rings. The molecule has 0 aliphatic heterocycles. The molecule has 0 saturated heterocycles. The van der Waals surface area contributed by atoms with E-state index in [-0.39, 0.29) is 0 Å². The minimum atomic E-state index is 0.460. The molecule has 1 aromatic heterocycles. The van der Waals surface area contributed by atoms with E-state index in [1.807, 2.05) is 48.5 Å². The summed E-state index contributed by atoms with van der Waals surface area (Å²) >= 11 is 3.44. The van der Waals surface area contributed by atoms with Crippen LogP contribution in [0.4, 0.5) is 5.69 Å². The van der Waals surface area contributed by atoms with Gasteiger partial charge < -0.3 is 14.5 Å². The van der Waals surface area contributed by atoms with Gasteiger partial charge in [0.25, 0.3) is 0 Å². The SMILES string of the molecule is COCc1ccccc1NCc1nnc(-c2cccc(Br)c2)o1. The Balaban J connectivity index is 1.70. The second-order valence-electron chi connectivity index (χ2n) is 4.96. The summed E-state index contributed by atoms with van der Waals surface area (Å²) in [6.45, 7) is 1.01. The number of aromatic nitrogens is 2. The lowest BCUT2D eigenvalue weighted by atomic mass is 10.2. The highest BCUT2D eigenvalue weighted by atomic mass is 79.9. The fourth-order valence-electron chi connectivity index (χ4n) is 2.21. The van der Waals surface area contributed by atoms with Gasteiger partial charge >= 0.3 is 0 Å². The van der Waals surface area contributed by atoms with Crippen molar-refractivity contribution in [2.24, 2.45) is 0 Å². The Morgan fingerprint density at radius 1 is 1.13 bits per heavy atom. The zero-order valence-corrected chi connectivity index (χ0v) is 14.2. The van der Waals surface area contributed by atoms with E-state index >= 15 is 0 Å². The standard InChI is InChI=1S/C17H16BrN3O2/c1-22-11-13-5-2-3-8-15(13)19-10-16-20-21-17(23-16)12-6-4-7-14(18)9-12/h2-9,19H,10-11H2,1H3. The number of hydrogen-bond donors (Lipinski definition) is 1. The van der Waals surface area contributed by atoms with Crippen molar-refractivity contribution in [1.29, 1.82) is 0 Å². The molecule has 0 atom stereocenters. The Morgan fingerprint density at radius 2 is 2.00 bits per heavy atom. The van der Waals surface area contributed by atoms with E-state index in [2.05, 4.69) is 31.4 Å². The molecule has 0 spiro atoms. The van der Waals surface area contributed by atoms with Crippen LogP contribution in [0.25, 0.3) is 11.5 Å². The molecule has 1 heterocycles. The number of halogens is 1. The number of methoxy groups -OCH3 is 1. The quantitative estimate of drug-likeness (QED) is 0.699. The van der Waals surface area contributed by atoms with Gasteiger partial charge in [-0.1, -0.05) is 40.2 Å². The Hall–Kier alpha value is -2.18. The van der Waals surface area contributed by atoms with Crippen molar-refractivity contribution in [2.75, 3.05) is 12.4 Å². The number of nitrogens with one attached hydrogen (secondary N) is 1. The predicted octanol–water partition coefficient (Wildman–Crippen LogP) is 4.26. The highest BCUT2D eigenvalue weighted by Crippen LogP contribution is 2.22. The number of rotatable bonds is 6. The zero-order valence-electron chi connectivity index (χ0n) is 12.6. The molecule has 0 radical (unpaired) electrons. The van der Waals surface area contributed by atoms with E-state index in [4.69, 9.17) is 9.15 Å². The van der Waals surface area contributed by atoms with Crippen molar-refractivity contribution in [1.82, 2.24) is 10.2 Å². The molecule has 2 aromatic carbocycles. The van der Waals surface area contributed by atoms with Crippen LogP contribution >= 0.6 is 15.9 Å². The fourth-order valence-corrected chi connectivity index (χ4v) is 2.61. The average molecular weight is 374 g/mol. The van der Waals surface area contributed by atoms with Crippen molar-refractivity contribution in [3.8, 4) is 11.5 Å². The largest absolute Gasteiger partial charge is 0.419 e. The lowest BCUT2D eigenvalue weighted by Gasteiger charge is -2.09. The van der Waals surface area contributed by atoms with Crippen LogP contribution in [0.3, 0.4) is 0 Å². The Labute approximate surface area is 142 Å². The highest BCUT2D eigenvalue weighted by molar-refractivity contribution is 9.10. The van der Waals surface area contributed by atoms with Crippen LogP contribution in [0, 0.1) is 0 Å². The molecular formula is C17H16BrN3O2. The van der Waals surface area contributed by atoms with Gasteiger partial charge in [0.1, 0.15) is 0 Å². The van der Waals surface area contributed by atoms with Gasteiger partial charge in [-0.15, -0.1) is 10.2 Å². The normalized spacial score (nSPS) is 10.7. The second kappa shape index (κ2) is 7.39. The van der Waals surface area contributed by atoms with E-state index in [1.165, 1.54) is 0 Å². The van der Waals surface area contributed by atoms with Crippen LogP contribution < -0.4 is 5.32 Å². The molecule has 23 heavy (non-hydrogen) atoms. The zero-order chi connectivity index (χ0) is 16.1. The van der Waals surface area contributed by atoms with Gasteiger partial charge in [0.05, 0.1) is 13.2 Å². The molecule has 3 rings (SSSR count). The molecule has 0 aliphatic carbocycles. The summed E-state index contributed by atoms with van der Waals surface area (Å²) in [5.41, 5.74) is 2.97. The van der Waals surface area contributed by atoms with Gasteiger partial charge in [-0.3, -0.25) is 0 Å². The maximum Gasteiger partial charge on any atom is 0.247 e. The van der Waals surface area contributed by atoms with Gasteiger partial charge in [-0.05, 0) is 24.3 Å². The lowest BCUT2D eigenvalue weighted by Crippen LogP contribution is -2.03. The molecule has 0 fully saturated rings. The van der Waals surface area contributed by atoms with Crippen LogP contribution in [0.2, 0.25) is 0 Å². The third-order valence-corrected chi connectivity index (χ3v) is 3.78. The van der Waals surface area contributed by atoms with Crippen LogP contribution in [0.5, 0.6) is 0 Å². The molecule has 0 bridgehead atoms. The molecule has 5 nitrogen and oxygen atoms in total. The fraction of sp³-hybridized carbons (Fsp3) is 0.176. The van der Waals surface area contributed by atoms with Gasteiger partial charge in [-0.2, -0.15) is 0 Å². The maximum atomic E-state index is 5.71. The predicted molar refractivity (Wildman–Crippen MR) is 91.9 cm³/mol. The number of hydrogen-bond acceptors (Lipinski definition) is 5. The first-order chi connectivity index (χ1) is 11.3. The van der Waals surface area contributed by atoms with Gasteiger partial charge in [-0.25, -0.2) is 0 Å². The van der Waals surface area contributed by atoms with Crippen molar-refractivity contribution >= 4 is 21.6 Å². The molecule has 0 saturated carbocycles. The number of anilines is 1. The number of ether oxygens (including phenoxy) is 1. The monoisotopic (exact) mass is 373 g/mol. The Kier molecular flexibility index (Phi) is 5.05. The third-order valence-electron chi connectivity index (χ3n) is 3.29. The maximum absolute atomic E-state index is 5.71. The number of nitrogens with zero attached hydrogens (tertiary/aromatic N) is 2. The number of para-hydroxylation sites is 1. The Morgan fingerprint density at radius 3 is 2.83 bits per heavy atom. The highest BCUT2D eigenvalue weighted by Gasteiger charge is 2.09. The van der Waals surface area contributed by atoms with Crippen molar-refractivity contribution in [3.63, 3.8) is 0 Å². The van der Waals surface area contributed by atoms with E-state index in [0.29, 0.717) is 24.9 Å². The van der Waals surface area contributed by atoms with Gasteiger partial charge in [0.15, 0.2) is 0 Å². The first-order valence-electron chi connectivity index (χ1n) is 7.15. The van der Waals surface area contributed by atoms with Crippen LogP contribution in [-0.4, -0.2) is 17.3 Å². The minimum Gasteiger partial charge on any atom is -0.419 e. The summed E-state index contributed by atoms with van der Waals surface area (Å²) in [6, 6.07) is 15.7. The average Bonchev–Trinajstić information content (AvgIpc) is 3.03. The summed E-state index contributed by atoms with van der Waals surface area (Å²) in [6.07, 6.45) is 0. The molecular weight excluding hydrogens is 358 g/mol. The number of benzene rings is 2. The summed E-state index contributed by atoms with van der Waals surface area (Å²) < 4.78 is 11.9. The van der Waals surface area contributed by atoms with E-state index in [0.717, 1.165) is 21.3 Å². The van der Waals surface area contributed by atoms with Crippen molar-refractivity contribution in [3.05, 3.63) is 64.5 Å². The Bertz CT molecular complexity index is 789. The van der Waals surface area contributed by atoms with Gasteiger partial charge in [0.2, 0.25) is 11.8 Å². The van der Waals surface area contributed by atoms with Gasteiger partial charge in [0, 0.05) is 28.4 Å². The summed E-state index contributed by atoms with van der Waals surface area (Å²) in [5, 5.41) is 11.5. The smallest absolute Gasteiger partial charge is 0.247 e. The lowest BCUT2D eigenvalue weighted by molar-refractivity contribution is 0.185. The molecule has 3 aromatic rings. The molecule has 118 valence electrons. The van der Waals surface area contributed by atoms with E-state index < -0.39 is 0 Å². The summed E-state index contributed by atoms with van der Waals surface area (Å²) in [7, 11) is 1.68. The summed E-state index contributed by atoms with van der Waals surface area (Å²) in [4.78, 5) is 0. The van der Waals surface area contributed by atoms with Crippen LogP contribution in [0.1, 0.15) is 11.5 Å². The molecule has 1 N–H and O–H groups in total. The van der Waals surface area contributed by atoms with E-state index in [1.54, 1.807) is 7.11 Å². The van der Waals surface area contributed by atoms with Crippen LogP contribution in [0.15, 0.2) is 57.4 Å². The van der Waals surface area contributed by atoms with Crippen LogP contribution in [-0.2, 0) is 17.9 Å². The molecule has 6 heteroatoms. The molecule has 0 unspecified atom stereocenters. The second-order valence-corrected chi connectivity index (χ2v) is 5.87. The topological polar surface area (TPSA) is 60.2 Å². The third kappa shape index (κ3) is 3.97. The van der Waals surface area contributed by atoms with Crippen molar-refractivity contribution in [2.45, 2.75) is 13.2 Å². The minimum absolute atomic E-state index is 0.460. The van der Waals surface area contributed by atoms with E-state index in [9.17, 15) is 0 Å².